The third-order valence-corrected chi connectivity index (χ3v) is 6.98. The highest BCUT2D eigenvalue weighted by atomic mass is 16.5. The van der Waals surface area contributed by atoms with Crippen LogP contribution in [-0.2, 0) is 4.74 Å². The molecule has 3 atom stereocenters. The molecule has 2 N–H and O–H groups in total. The first kappa shape index (κ1) is 22.8. The Hall–Kier alpha value is -2.94. The van der Waals surface area contributed by atoms with Crippen molar-refractivity contribution >= 4 is 11.6 Å². The van der Waals surface area contributed by atoms with Crippen LogP contribution in [0.1, 0.15) is 52.2 Å². The number of morpholine rings is 1. The van der Waals surface area contributed by atoms with Crippen LogP contribution in [0, 0.1) is 0 Å². The molecule has 8 heteroatoms. The topological polar surface area (TPSA) is 92.6 Å². The summed E-state index contributed by atoms with van der Waals surface area (Å²) >= 11 is 0. The molecule has 0 radical (unpaired) electrons. The van der Waals surface area contributed by atoms with E-state index in [0.29, 0.717) is 49.8 Å². The van der Waals surface area contributed by atoms with Crippen molar-refractivity contribution in [1.82, 2.24) is 10.4 Å². The lowest BCUT2D eigenvalue weighted by atomic mass is 9.74. The van der Waals surface area contributed by atoms with E-state index in [1.54, 1.807) is 14.2 Å². The molecule has 2 aromatic carbocycles. The van der Waals surface area contributed by atoms with E-state index in [1.165, 1.54) is 0 Å². The number of nitrogens with zero attached hydrogens (tertiary/aromatic N) is 2. The normalized spacial score (nSPS) is 24.4. The second-order valence-corrected chi connectivity index (χ2v) is 9.03. The van der Waals surface area contributed by atoms with Crippen molar-refractivity contribution < 1.29 is 24.1 Å². The number of aliphatic hydroxyl groups is 1. The summed E-state index contributed by atoms with van der Waals surface area (Å²) in [6.07, 6.45) is 1.96. The highest BCUT2D eigenvalue weighted by Gasteiger charge is 2.37. The van der Waals surface area contributed by atoms with Gasteiger partial charge in [0.2, 0.25) is 0 Å². The maximum Gasteiger partial charge on any atom is 0.265 e. The van der Waals surface area contributed by atoms with Gasteiger partial charge < -0.3 is 19.3 Å². The van der Waals surface area contributed by atoms with E-state index in [1.807, 2.05) is 41.4 Å². The Labute approximate surface area is 199 Å². The van der Waals surface area contributed by atoms with Crippen molar-refractivity contribution in [2.45, 2.75) is 37.3 Å². The number of ether oxygens (including phenoxy) is 3. The van der Waals surface area contributed by atoms with Gasteiger partial charge in [0.1, 0.15) is 0 Å². The standard InChI is InChI=1S/C26H31N3O5/c1-32-23-14-19-20-13-18(30)7-8-22(20)27-25(21(19)15-24(23)33-2)16-3-5-17(6-4-16)26(31)28-29-9-11-34-12-10-29/h3-6,14-15,18,20,22,30H,7-13H2,1-2H3,(H,28,31). The smallest absolute Gasteiger partial charge is 0.265 e. The molecule has 1 saturated carbocycles. The fourth-order valence-corrected chi connectivity index (χ4v) is 5.16. The maximum atomic E-state index is 12.7. The van der Waals surface area contributed by atoms with Gasteiger partial charge in [-0.3, -0.25) is 15.2 Å². The summed E-state index contributed by atoms with van der Waals surface area (Å²) in [5, 5.41) is 12.2. The minimum atomic E-state index is -0.316. The van der Waals surface area contributed by atoms with Crippen LogP contribution in [0.2, 0.25) is 0 Å². The predicted molar refractivity (Wildman–Crippen MR) is 128 cm³/mol. The molecule has 5 rings (SSSR count). The number of hydrogen-bond donors (Lipinski definition) is 2. The van der Waals surface area contributed by atoms with Crippen LogP contribution in [0.5, 0.6) is 11.5 Å². The fourth-order valence-electron chi connectivity index (χ4n) is 5.16. The van der Waals surface area contributed by atoms with E-state index in [2.05, 4.69) is 5.43 Å². The third-order valence-electron chi connectivity index (χ3n) is 6.98. The molecule has 0 spiro atoms. The number of benzene rings is 2. The van der Waals surface area contributed by atoms with E-state index in [-0.39, 0.29) is 24.0 Å². The zero-order valence-electron chi connectivity index (χ0n) is 19.6. The minimum absolute atomic E-state index is 0.105. The first-order valence-electron chi connectivity index (χ1n) is 11.8. The van der Waals surface area contributed by atoms with Crippen molar-refractivity contribution in [3.05, 3.63) is 58.7 Å². The van der Waals surface area contributed by atoms with Crippen molar-refractivity contribution in [2.24, 2.45) is 4.99 Å². The molecule has 180 valence electrons. The Balaban J connectivity index is 1.46. The Morgan fingerprint density at radius 3 is 2.50 bits per heavy atom. The molecule has 1 aliphatic carbocycles. The number of carbonyl (C=O) groups is 1. The Bertz CT molecular complexity index is 1080. The molecule has 0 bridgehead atoms. The van der Waals surface area contributed by atoms with E-state index >= 15 is 0 Å². The second-order valence-electron chi connectivity index (χ2n) is 9.03. The number of methoxy groups -OCH3 is 2. The van der Waals surface area contributed by atoms with Gasteiger partial charge in [0.05, 0.1) is 45.3 Å². The molecule has 2 aromatic rings. The van der Waals surface area contributed by atoms with Crippen molar-refractivity contribution in [1.29, 1.82) is 0 Å². The number of hydrogen-bond acceptors (Lipinski definition) is 7. The summed E-state index contributed by atoms with van der Waals surface area (Å²) in [7, 11) is 3.26. The molecule has 3 unspecified atom stereocenters. The number of aliphatic hydroxyl groups excluding tert-OH is 1. The minimum Gasteiger partial charge on any atom is -0.493 e. The van der Waals surface area contributed by atoms with Gasteiger partial charge in [-0.05, 0) is 49.1 Å². The largest absolute Gasteiger partial charge is 0.493 e. The summed E-state index contributed by atoms with van der Waals surface area (Å²) < 4.78 is 16.5. The number of hydrazine groups is 1. The summed E-state index contributed by atoms with van der Waals surface area (Å²) in [5.41, 5.74) is 7.48. The van der Waals surface area contributed by atoms with Crippen LogP contribution >= 0.6 is 0 Å². The highest BCUT2D eigenvalue weighted by Crippen LogP contribution is 2.44. The third kappa shape index (κ3) is 4.41. The lowest BCUT2D eigenvalue weighted by Gasteiger charge is -2.37. The van der Waals surface area contributed by atoms with E-state index in [0.717, 1.165) is 35.2 Å². The van der Waals surface area contributed by atoms with Gasteiger partial charge in [-0.25, -0.2) is 5.01 Å². The molecule has 34 heavy (non-hydrogen) atoms. The number of amides is 1. The van der Waals surface area contributed by atoms with Gasteiger partial charge in [0.25, 0.3) is 5.91 Å². The van der Waals surface area contributed by atoms with Crippen LogP contribution in [-0.4, -0.2) is 74.4 Å². The molecule has 8 nitrogen and oxygen atoms in total. The predicted octanol–water partition coefficient (Wildman–Crippen LogP) is 2.53. The fraction of sp³-hybridized carbons (Fsp3) is 0.462. The number of nitrogens with one attached hydrogen (secondary N) is 1. The highest BCUT2D eigenvalue weighted by molar-refractivity contribution is 6.15. The summed E-state index contributed by atoms with van der Waals surface area (Å²) in [6, 6.07) is 11.7. The van der Waals surface area contributed by atoms with Crippen molar-refractivity contribution in [2.75, 3.05) is 40.5 Å². The molecule has 1 saturated heterocycles. The summed E-state index contributed by atoms with van der Waals surface area (Å²) in [6.45, 7) is 2.59. The second kappa shape index (κ2) is 9.74. The Kier molecular flexibility index (Phi) is 6.54. The Morgan fingerprint density at radius 2 is 1.79 bits per heavy atom. The summed E-state index contributed by atoms with van der Waals surface area (Å²) in [4.78, 5) is 17.8. The number of fused-ring (bicyclic) bond motifs is 3. The van der Waals surface area contributed by atoms with Crippen LogP contribution < -0.4 is 14.9 Å². The number of carbonyl (C=O) groups excluding carboxylic acids is 1. The lowest BCUT2D eigenvalue weighted by Crippen LogP contribution is -2.48. The van der Waals surface area contributed by atoms with Crippen LogP contribution in [0.25, 0.3) is 0 Å². The monoisotopic (exact) mass is 465 g/mol. The zero-order valence-corrected chi connectivity index (χ0v) is 19.6. The average molecular weight is 466 g/mol. The van der Waals surface area contributed by atoms with E-state index in [4.69, 9.17) is 19.2 Å². The molecular formula is C26H31N3O5. The molecule has 1 amide bonds. The van der Waals surface area contributed by atoms with Crippen LogP contribution in [0.15, 0.2) is 41.4 Å². The number of aliphatic imine (C=N–C) groups is 1. The van der Waals surface area contributed by atoms with E-state index in [9.17, 15) is 9.90 Å². The van der Waals surface area contributed by atoms with Gasteiger partial charge in [0, 0.05) is 35.7 Å². The molecule has 2 fully saturated rings. The van der Waals surface area contributed by atoms with Crippen LogP contribution in [0.4, 0.5) is 0 Å². The van der Waals surface area contributed by atoms with Gasteiger partial charge >= 0.3 is 0 Å². The van der Waals surface area contributed by atoms with Crippen LogP contribution in [0.3, 0.4) is 0 Å². The van der Waals surface area contributed by atoms with Gasteiger partial charge in [-0.1, -0.05) is 12.1 Å². The van der Waals surface area contributed by atoms with E-state index < -0.39 is 0 Å². The SMILES string of the molecule is COc1cc2c(cc1OC)C1CC(O)CCC1N=C2c1ccc(C(=O)NN2CCOCC2)cc1. The molecule has 2 heterocycles. The molecular weight excluding hydrogens is 434 g/mol. The van der Waals surface area contributed by atoms with Gasteiger partial charge in [0.15, 0.2) is 11.5 Å². The zero-order chi connectivity index (χ0) is 23.7. The molecule has 3 aliphatic rings. The molecule has 2 aliphatic heterocycles. The quantitative estimate of drug-likeness (QED) is 0.705. The van der Waals surface area contributed by atoms with Gasteiger partial charge in [-0.15, -0.1) is 0 Å². The first-order valence-corrected chi connectivity index (χ1v) is 11.8. The molecule has 0 aromatic heterocycles. The Morgan fingerprint density at radius 1 is 1.09 bits per heavy atom. The average Bonchev–Trinajstić information content (AvgIpc) is 2.88. The van der Waals surface area contributed by atoms with Crippen molar-refractivity contribution in [3.8, 4) is 11.5 Å². The summed E-state index contributed by atoms with van der Waals surface area (Å²) in [5.74, 6) is 1.33. The maximum absolute atomic E-state index is 12.7. The van der Waals surface area contributed by atoms with Gasteiger partial charge in [-0.2, -0.15) is 0 Å². The number of rotatable bonds is 5. The first-order chi connectivity index (χ1) is 16.6. The van der Waals surface area contributed by atoms with Crippen molar-refractivity contribution in [3.63, 3.8) is 0 Å². The lowest BCUT2D eigenvalue weighted by molar-refractivity contribution is 0.0126.